The van der Waals surface area contributed by atoms with E-state index in [9.17, 15) is 38.6 Å². The number of benzene rings is 2. The Morgan fingerprint density at radius 1 is 0.769 bits per heavy atom. The molecule has 2 aromatic rings. The second-order valence-electron chi connectivity index (χ2n) is 8.73. The molecule has 0 aromatic heterocycles. The van der Waals surface area contributed by atoms with Crippen LogP contribution in [0.2, 0.25) is 0 Å². The van der Waals surface area contributed by atoms with Gasteiger partial charge in [0.05, 0.1) is 0 Å². The van der Waals surface area contributed by atoms with E-state index in [1.54, 1.807) is 44.2 Å². The molecule has 0 heterocycles. The summed E-state index contributed by atoms with van der Waals surface area (Å²) in [6, 6.07) is 12.0. The maximum atomic E-state index is 12.0. The third-order valence-corrected chi connectivity index (χ3v) is 9.12. The number of carbonyl (C=O) groups excluding carboxylic acids is 1. The fraction of sp³-hybridized carbons (Fsp3) is 0.500. The Bertz CT molecular complexity index is 1160. The Balaban J connectivity index is 0.000000395. The summed E-state index contributed by atoms with van der Waals surface area (Å²) in [7, 11) is -9.09. The lowest BCUT2D eigenvalue weighted by Gasteiger charge is -2.34. The standard InChI is InChI=1S/C14H21O6P.C12H19O5P/c1-4-9-19-14(5-2,21(16,17)18)12-7-6-8-13(10-12)20-11(3)15;1-3-8-17-12(4-2,18(14,15)16)10-6-5-7-11(13)9-10/h6-8,10H,4-5,9H2,1-3H3,(H2,16,17,18);5-7,9,13H,3-4,8H2,1-2H3,(H2,14,15,16). The minimum Gasteiger partial charge on any atom is -0.508 e. The Morgan fingerprint density at radius 2 is 1.21 bits per heavy atom. The molecule has 0 amide bonds. The average molecular weight is 591 g/mol. The highest BCUT2D eigenvalue weighted by Gasteiger charge is 2.49. The summed E-state index contributed by atoms with van der Waals surface area (Å²) < 4.78 is 39.7. The molecule has 0 saturated heterocycles. The highest BCUT2D eigenvalue weighted by atomic mass is 31.2. The zero-order chi connectivity index (χ0) is 29.9. The van der Waals surface area contributed by atoms with Gasteiger partial charge in [-0.2, -0.15) is 0 Å². The number of rotatable bonds is 13. The molecule has 2 aromatic carbocycles. The highest BCUT2D eigenvalue weighted by molar-refractivity contribution is 7.53. The lowest BCUT2D eigenvalue weighted by atomic mass is 10.1. The summed E-state index contributed by atoms with van der Waals surface area (Å²) in [4.78, 5) is 49.7. The molecular weight excluding hydrogens is 550 g/mol. The van der Waals surface area contributed by atoms with Crippen LogP contribution in [0.3, 0.4) is 0 Å². The van der Waals surface area contributed by atoms with Gasteiger partial charge in [0.1, 0.15) is 11.5 Å². The van der Waals surface area contributed by atoms with E-state index in [-0.39, 0.29) is 37.6 Å². The zero-order valence-corrected chi connectivity index (χ0v) is 24.7. The lowest BCUT2D eigenvalue weighted by Crippen LogP contribution is -2.29. The first-order chi connectivity index (χ1) is 18.1. The predicted octanol–water partition coefficient (Wildman–Crippen LogP) is 5.34. The van der Waals surface area contributed by atoms with Crippen LogP contribution in [0.5, 0.6) is 11.5 Å². The van der Waals surface area contributed by atoms with E-state index in [4.69, 9.17) is 14.2 Å². The van der Waals surface area contributed by atoms with Crippen molar-refractivity contribution in [3.05, 3.63) is 59.7 Å². The molecular formula is C26H40O11P2. The summed E-state index contributed by atoms with van der Waals surface area (Å²) in [6.45, 7) is 8.74. The van der Waals surface area contributed by atoms with Gasteiger partial charge in [-0.15, -0.1) is 0 Å². The number of ether oxygens (including phenoxy) is 3. The Hall–Kier alpha value is -2.07. The van der Waals surface area contributed by atoms with Crippen molar-refractivity contribution in [3.8, 4) is 11.5 Å². The molecule has 0 aliphatic heterocycles. The summed E-state index contributed by atoms with van der Waals surface area (Å²) in [5, 5.41) is 6.05. The molecule has 11 nitrogen and oxygen atoms in total. The SMILES string of the molecule is CCCOC(CC)(c1cccc(O)c1)P(=O)(O)O.CCCOC(CC)(c1cccc(OC(C)=O)c1)P(=O)(O)O. The summed E-state index contributed by atoms with van der Waals surface area (Å²) >= 11 is 0. The molecule has 39 heavy (non-hydrogen) atoms. The fourth-order valence-electron chi connectivity index (χ4n) is 3.95. The van der Waals surface area contributed by atoms with Gasteiger partial charge in [-0.25, -0.2) is 0 Å². The van der Waals surface area contributed by atoms with Crippen molar-refractivity contribution in [2.75, 3.05) is 13.2 Å². The fourth-order valence-corrected chi connectivity index (χ4v) is 6.25. The molecule has 0 fully saturated rings. The molecule has 0 aliphatic carbocycles. The van der Waals surface area contributed by atoms with E-state index >= 15 is 0 Å². The third-order valence-electron chi connectivity index (χ3n) is 5.83. The minimum atomic E-state index is -4.58. The van der Waals surface area contributed by atoms with Gasteiger partial charge in [-0.1, -0.05) is 52.0 Å². The number of hydrogen-bond donors (Lipinski definition) is 5. The molecule has 0 radical (unpaired) electrons. The Labute approximate surface area is 229 Å². The van der Waals surface area contributed by atoms with Crippen molar-refractivity contribution < 1.29 is 52.8 Å². The van der Waals surface area contributed by atoms with E-state index in [0.29, 0.717) is 24.0 Å². The molecule has 0 spiro atoms. The monoisotopic (exact) mass is 590 g/mol. The van der Waals surface area contributed by atoms with Crippen molar-refractivity contribution in [1.29, 1.82) is 0 Å². The first-order valence-electron chi connectivity index (χ1n) is 12.6. The Kier molecular flexibility index (Phi) is 13.5. The van der Waals surface area contributed by atoms with Gasteiger partial charge in [-0.05, 0) is 61.1 Å². The van der Waals surface area contributed by atoms with Gasteiger partial charge >= 0.3 is 21.2 Å². The maximum Gasteiger partial charge on any atom is 0.361 e. The number of phenols is 1. The summed E-state index contributed by atoms with van der Waals surface area (Å²) in [5.74, 6) is -0.315. The number of carbonyl (C=O) groups is 1. The molecule has 2 atom stereocenters. The van der Waals surface area contributed by atoms with Gasteiger partial charge < -0.3 is 38.9 Å². The quantitative estimate of drug-likeness (QED) is 0.115. The summed E-state index contributed by atoms with van der Waals surface area (Å²) in [5.41, 5.74) is 0.595. The first kappa shape index (κ1) is 35.0. The normalized spacial score (nSPS) is 14.9. The largest absolute Gasteiger partial charge is 0.508 e. The second-order valence-corrected chi connectivity index (χ2v) is 12.4. The van der Waals surface area contributed by atoms with Crippen LogP contribution in [0.25, 0.3) is 0 Å². The van der Waals surface area contributed by atoms with Crippen molar-refractivity contribution in [2.24, 2.45) is 0 Å². The molecule has 0 saturated carbocycles. The second kappa shape index (κ2) is 15.1. The molecule has 0 aliphatic rings. The van der Waals surface area contributed by atoms with Crippen molar-refractivity contribution in [1.82, 2.24) is 0 Å². The number of aromatic hydroxyl groups is 1. The number of phenolic OH excluding ortho intramolecular Hbond substituents is 1. The number of esters is 1. The van der Waals surface area contributed by atoms with Crippen LogP contribution < -0.4 is 4.74 Å². The van der Waals surface area contributed by atoms with Gasteiger partial charge in [0.2, 0.25) is 0 Å². The zero-order valence-electron chi connectivity index (χ0n) is 22.9. The maximum absolute atomic E-state index is 12.0. The average Bonchev–Trinajstić information content (AvgIpc) is 2.84. The van der Waals surface area contributed by atoms with E-state index in [1.807, 2.05) is 13.8 Å². The minimum absolute atomic E-state index is 0.0427. The van der Waals surface area contributed by atoms with E-state index in [2.05, 4.69) is 0 Å². The summed E-state index contributed by atoms with van der Waals surface area (Å²) in [6.07, 6.45) is 1.51. The van der Waals surface area contributed by atoms with E-state index in [1.165, 1.54) is 25.1 Å². The van der Waals surface area contributed by atoms with Crippen LogP contribution in [-0.2, 0) is 34.1 Å². The highest BCUT2D eigenvalue weighted by Crippen LogP contribution is 2.61. The van der Waals surface area contributed by atoms with Crippen LogP contribution in [0, 0.1) is 0 Å². The molecule has 220 valence electrons. The molecule has 0 bridgehead atoms. The van der Waals surface area contributed by atoms with Crippen LogP contribution in [-0.4, -0.2) is 43.9 Å². The first-order valence-corrected chi connectivity index (χ1v) is 15.8. The molecule has 2 unspecified atom stereocenters. The molecule has 2 rings (SSSR count). The predicted molar refractivity (Wildman–Crippen MR) is 146 cm³/mol. The van der Waals surface area contributed by atoms with Gasteiger partial charge in [-0.3, -0.25) is 13.9 Å². The Morgan fingerprint density at radius 3 is 1.56 bits per heavy atom. The van der Waals surface area contributed by atoms with Crippen LogP contribution in [0.1, 0.15) is 71.4 Å². The smallest absolute Gasteiger partial charge is 0.361 e. The topological polar surface area (TPSA) is 180 Å². The van der Waals surface area contributed by atoms with E-state index < -0.39 is 31.8 Å². The van der Waals surface area contributed by atoms with Gasteiger partial charge in [0.15, 0.2) is 10.7 Å². The van der Waals surface area contributed by atoms with Crippen molar-refractivity contribution >= 4 is 21.2 Å². The number of hydrogen-bond acceptors (Lipinski definition) is 7. The van der Waals surface area contributed by atoms with Crippen LogP contribution in [0.15, 0.2) is 48.5 Å². The van der Waals surface area contributed by atoms with Crippen LogP contribution in [0.4, 0.5) is 0 Å². The lowest BCUT2D eigenvalue weighted by molar-refractivity contribution is -0.131. The van der Waals surface area contributed by atoms with E-state index in [0.717, 1.165) is 0 Å². The van der Waals surface area contributed by atoms with Gasteiger partial charge in [0, 0.05) is 20.1 Å². The van der Waals surface area contributed by atoms with Crippen molar-refractivity contribution in [2.45, 2.75) is 71.0 Å². The van der Waals surface area contributed by atoms with Crippen LogP contribution >= 0.6 is 15.2 Å². The van der Waals surface area contributed by atoms with Gasteiger partial charge in [0.25, 0.3) is 0 Å². The molecule has 5 N–H and O–H groups in total. The van der Waals surface area contributed by atoms with Crippen molar-refractivity contribution in [3.63, 3.8) is 0 Å². The molecule has 13 heteroatoms. The third kappa shape index (κ3) is 8.96.